The Labute approximate surface area is 151 Å². The Morgan fingerprint density at radius 2 is 1.58 bits per heavy atom. The molecule has 8 heteroatoms. The van der Waals surface area contributed by atoms with Crippen molar-refractivity contribution in [2.45, 2.75) is 19.8 Å². The lowest BCUT2D eigenvalue weighted by atomic mass is 10.1. The zero-order valence-corrected chi connectivity index (χ0v) is 14.6. The second-order valence-electron chi connectivity index (χ2n) is 6.57. The third kappa shape index (κ3) is 3.54. The molecule has 0 aliphatic carbocycles. The van der Waals surface area contributed by atoms with Crippen molar-refractivity contribution in [3.05, 3.63) is 29.3 Å². The minimum absolute atomic E-state index is 0.0647. The molecule has 2 aliphatic heterocycles. The summed E-state index contributed by atoms with van der Waals surface area (Å²) in [5, 5.41) is 9.90. The molecular weight excluding hydrogens is 338 g/mol. The van der Waals surface area contributed by atoms with Gasteiger partial charge in [-0.15, -0.1) is 0 Å². The fraction of sp³-hybridized carbons (Fsp3) is 0.444. The molecule has 2 fully saturated rings. The molecule has 0 spiro atoms. The van der Waals surface area contributed by atoms with Crippen molar-refractivity contribution in [1.82, 2.24) is 14.7 Å². The van der Waals surface area contributed by atoms with Crippen LogP contribution < -0.4 is 0 Å². The SMILES string of the molecule is Cc1ccc(O)c(C(=O)N2CCN(C(=O)CN3C(=O)CCC3=O)CC2)c1. The van der Waals surface area contributed by atoms with Crippen LogP contribution in [0.5, 0.6) is 5.75 Å². The number of aryl methyl sites for hydroxylation is 1. The van der Waals surface area contributed by atoms with E-state index in [0.29, 0.717) is 26.2 Å². The number of hydrogen-bond donors (Lipinski definition) is 1. The molecule has 1 N–H and O–H groups in total. The number of nitrogens with zero attached hydrogens (tertiary/aromatic N) is 3. The van der Waals surface area contributed by atoms with Crippen molar-refractivity contribution in [1.29, 1.82) is 0 Å². The first kappa shape index (κ1) is 17.9. The summed E-state index contributed by atoms with van der Waals surface area (Å²) in [6.45, 7) is 2.93. The first-order valence-electron chi connectivity index (χ1n) is 8.56. The molecular formula is C18H21N3O5. The first-order valence-corrected chi connectivity index (χ1v) is 8.56. The lowest BCUT2D eigenvalue weighted by Crippen LogP contribution is -2.53. The van der Waals surface area contributed by atoms with E-state index in [-0.39, 0.29) is 54.3 Å². The number of imide groups is 1. The number of aromatic hydroxyl groups is 1. The molecule has 0 saturated carbocycles. The van der Waals surface area contributed by atoms with Gasteiger partial charge < -0.3 is 14.9 Å². The molecule has 2 aliphatic rings. The van der Waals surface area contributed by atoms with Crippen molar-refractivity contribution in [3.63, 3.8) is 0 Å². The predicted molar refractivity (Wildman–Crippen MR) is 91.3 cm³/mol. The lowest BCUT2D eigenvalue weighted by molar-refractivity contribution is -0.146. The maximum Gasteiger partial charge on any atom is 0.257 e. The van der Waals surface area contributed by atoms with Gasteiger partial charge in [-0.2, -0.15) is 0 Å². The van der Waals surface area contributed by atoms with Crippen LogP contribution in [0.2, 0.25) is 0 Å². The molecule has 0 bridgehead atoms. The Morgan fingerprint density at radius 1 is 1.00 bits per heavy atom. The highest BCUT2D eigenvalue weighted by molar-refractivity contribution is 6.04. The zero-order valence-electron chi connectivity index (χ0n) is 14.6. The van der Waals surface area contributed by atoms with Gasteiger partial charge in [-0.25, -0.2) is 0 Å². The highest BCUT2D eigenvalue weighted by atomic mass is 16.3. The van der Waals surface area contributed by atoms with Gasteiger partial charge in [0.05, 0.1) is 5.56 Å². The summed E-state index contributed by atoms with van der Waals surface area (Å²) in [6.07, 6.45) is 0.322. The highest BCUT2D eigenvalue weighted by Gasteiger charge is 2.33. The molecule has 0 atom stereocenters. The first-order chi connectivity index (χ1) is 12.4. The van der Waals surface area contributed by atoms with E-state index in [4.69, 9.17) is 0 Å². The summed E-state index contributed by atoms with van der Waals surface area (Å²) in [5.41, 5.74) is 1.12. The van der Waals surface area contributed by atoms with Crippen LogP contribution in [0.15, 0.2) is 18.2 Å². The molecule has 8 nitrogen and oxygen atoms in total. The van der Waals surface area contributed by atoms with Gasteiger partial charge in [0, 0.05) is 39.0 Å². The van der Waals surface area contributed by atoms with Crippen LogP contribution >= 0.6 is 0 Å². The van der Waals surface area contributed by atoms with Crippen molar-refractivity contribution < 1.29 is 24.3 Å². The van der Waals surface area contributed by atoms with Gasteiger partial charge in [-0.05, 0) is 19.1 Å². The van der Waals surface area contributed by atoms with Crippen LogP contribution in [0.3, 0.4) is 0 Å². The van der Waals surface area contributed by atoms with E-state index in [2.05, 4.69) is 0 Å². The van der Waals surface area contributed by atoms with Crippen LogP contribution in [0.25, 0.3) is 0 Å². The zero-order chi connectivity index (χ0) is 18.8. The third-order valence-corrected chi connectivity index (χ3v) is 4.75. The molecule has 3 rings (SSSR count). The number of benzene rings is 1. The smallest absolute Gasteiger partial charge is 0.257 e. The van der Waals surface area contributed by atoms with Gasteiger partial charge >= 0.3 is 0 Å². The Morgan fingerprint density at radius 3 is 2.19 bits per heavy atom. The van der Waals surface area contributed by atoms with Crippen LogP contribution in [0.1, 0.15) is 28.8 Å². The van der Waals surface area contributed by atoms with Crippen molar-refractivity contribution in [2.24, 2.45) is 0 Å². The van der Waals surface area contributed by atoms with Crippen LogP contribution in [-0.4, -0.2) is 76.2 Å². The van der Waals surface area contributed by atoms with Crippen molar-refractivity contribution in [2.75, 3.05) is 32.7 Å². The van der Waals surface area contributed by atoms with Crippen molar-refractivity contribution in [3.8, 4) is 5.75 Å². The summed E-state index contributed by atoms with van der Waals surface area (Å²) in [6, 6.07) is 4.86. The van der Waals surface area contributed by atoms with E-state index in [9.17, 15) is 24.3 Å². The predicted octanol–water partition coefficient (Wildman–Crippen LogP) is 0.134. The molecule has 2 saturated heterocycles. The number of piperazine rings is 1. The number of rotatable bonds is 3. The van der Waals surface area contributed by atoms with Crippen LogP contribution in [-0.2, 0) is 14.4 Å². The maximum atomic E-state index is 12.6. The average Bonchev–Trinajstić information content (AvgIpc) is 2.95. The fourth-order valence-electron chi connectivity index (χ4n) is 3.18. The quantitative estimate of drug-likeness (QED) is 0.774. The molecule has 4 amide bonds. The number of hydrogen-bond acceptors (Lipinski definition) is 5. The summed E-state index contributed by atoms with van der Waals surface area (Å²) < 4.78 is 0. The van der Waals surface area contributed by atoms with Gasteiger partial charge in [-0.1, -0.05) is 11.6 Å². The van der Waals surface area contributed by atoms with E-state index in [0.717, 1.165) is 10.5 Å². The van der Waals surface area contributed by atoms with E-state index < -0.39 is 0 Å². The van der Waals surface area contributed by atoms with E-state index in [1.807, 2.05) is 6.92 Å². The minimum atomic E-state index is -0.313. The Bertz CT molecular complexity index is 752. The summed E-state index contributed by atoms with van der Waals surface area (Å²) in [5.74, 6) is -1.26. The average molecular weight is 359 g/mol. The minimum Gasteiger partial charge on any atom is -0.507 e. The van der Waals surface area contributed by atoms with Gasteiger partial charge in [0.1, 0.15) is 12.3 Å². The topological polar surface area (TPSA) is 98.2 Å². The van der Waals surface area contributed by atoms with E-state index in [1.54, 1.807) is 21.9 Å². The number of carbonyl (C=O) groups is 4. The molecule has 138 valence electrons. The van der Waals surface area contributed by atoms with Crippen LogP contribution in [0, 0.1) is 6.92 Å². The van der Waals surface area contributed by atoms with Gasteiger partial charge in [-0.3, -0.25) is 24.1 Å². The number of phenolic OH excluding ortho intramolecular Hbond substituents is 1. The molecule has 1 aromatic rings. The number of likely N-dealkylation sites (tertiary alicyclic amines) is 1. The standard InChI is InChI=1S/C18H21N3O5/c1-12-2-3-14(22)13(10-12)18(26)20-8-6-19(7-9-20)17(25)11-21-15(23)4-5-16(21)24/h2-3,10,22H,4-9,11H2,1H3. The second-order valence-corrected chi connectivity index (χ2v) is 6.57. The fourth-order valence-corrected chi connectivity index (χ4v) is 3.18. The van der Waals surface area contributed by atoms with Crippen LogP contribution in [0.4, 0.5) is 0 Å². The van der Waals surface area contributed by atoms with E-state index in [1.165, 1.54) is 6.07 Å². The van der Waals surface area contributed by atoms with E-state index >= 15 is 0 Å². The molecule has 2 heterocycles. The summed E-state index contributed by atoms with van der Waals surface area (Å²) >= 11 is 0. The largest absolute Gasteiger partial charge is 0.507 e. The monoisotopic (exact) mass is 359 g/mol. The highest BCUT2D eigenvalue weighted by Crippen LogP contribution is 2.21. The molecule has 0 aromatic heterocycles. The Hall–Kier alpha value is -2.90. The Balaban J connectivity index is 1.58. The number of phenols is 1. The van der Waals surface area contributed by atoms with Crippen molar-refractivity contribution >= 4 is 23.6 Å². The maximum absolute atomic E-state index is 12.6. The lowest BCUT2D eigenvalue weighted by Gasteiger charge is -2.35. The summed E-state index contributed by atoms with van der Waals surface area (Å²) in [7, 11) is 0. The molecule has 0 radical (unpaired) electrons. The molecule has 0 unspecified atom stereocenters. The number of carbonyl (C=O) groups excluding carboxylic acids is 4. The third-order valence-electron chi connectivity index (χ3n) is 4.75. The number of amides is 4. The van der Waals surface area contributed by atoms with Gasteiger partial charge in [0.2, 0.25) is 17.7 Å². The van der Waals surface area contributed by atoms with Gasteiger partial charge in [0.15, 0.2) is 0 Å². The second kappa shape index (κ2) is 7.15. The normalized spacial score (nSPS) is 17.8. The molecule has 26 heavy (non-hydrogen) atoms. The summed E-state index contributed by atoms with van der Waals surface area (Å²) in [4.78, 5) is 52.3. The Kier molecular flexibility index (Phi) is 4.92. The van der Waals surface area contributed by atoms with Gasteiger partial charge in [0.25, 0.3) is 5.91 Å². The molecule has 1 aromatic carbocycles.